The minimum absolute atomic E-state index is 0.0443. The van der Waals surface area contributed by atoms with Crippen LogP contribution in [0.2, 0.25) is 5.02 Å². The van der Waals surface area contributed by atoms with Crippen LogP contribution in [0.4, 0.5) is 11.4 Å². The van der Waals surface area contributed by atoms with Gasteiger partial charge in [-0.25, -0.2) is 8.42 Å². The first kappa shape index (κ1) is 18.2. The molecule has 0 saturated heterocycles. The fraction of sp³-hybridized carbons (Fsp3) is 0.250. The molecule has 0 aliphatic carbocycles. The average molecular weight is 369 g/mol. The van der Waals surface area contributed by atoms with E-state index in [1.165, 1.54) is 12.1 Å². The zero-order chi connectivity index (χ0) is 17.9. The zero-order valence-electron chi connectivity index (χ0n) is 13.2. The Morgan fingerprint density at radius 2 is 1.71 bits per heavy atom. The van der Waals surface area contributed by atoms with E-state index in [1.807, 2.05) is 13.8 Å². The molecule has 1 N–H and O–H groups in total. The van der Waals surface area contributed by atoms with Gasteiger partial charge in [-0.05, 0) is 42.2 Å². The summed E-state index contributed by atoms with van der Waals surface area (Å²) in [5.41, 5.74) is 1.87. The molecule has 0 unspecified atom stereocenters. The fourth-order valence-corrected chi connectivity index (χ4v) is 3.81. The van der Waals surface area contributed by atoms with Gasteiger partial charge in [-0.2, -0.15) is 0 Å². The summed E-state index contributed by atoms with van der Waals surface area (Å²) in [4.78, 5) is 10.1. The largest absolute Gasteiger partial charge is 0.279 e. The lowest BCUT2D eigenvalue weighted by Crippen LogP contribution is -2.16. The number of benzene rings is 2. The number of rotatable bonds is 6. The zero-order valence-corrected chi connectivity index (χ0v) is 14.8. The molecular formula is C16H17ClN2O4S. The van der Waals surface area contributed by atoms with Crippen LogP contribution in [0.15, 0.2) is 41.3 Å². The molecule has 2 aromatic carbocycles. The van der Waals surface area contributed by atoms with Crippen molar-refractivity contribution in [1.82, 2.24) is 0 Å². The van der Waals surface area contributed by atoms with E-state index in [2.05, 4.69) is 4.72 Å². The molecule has 0 aromatic heterocycles. The Balaban J connectivity index is 2.46. The molecule has 24 heavy (non-hydrogen) atoms. The van der Waals surface area contributed by atoms with Gasteiger partial charge in [0.1, 0.15) is 0 Å². The first-order valence-electron chi connectivity index (χ1n) is 7.37. The second-order valence-corrected chi connectivity index (χ2v) is 7.21. The normalized spacial score (nSPS) is 11.3. The number of sulfonamides is 1. The molecule has 2 rings (SSSR count). The van der Waals surface area contributed by atoms with Crippen molar-refractivity contribution < 1.29 is 13.3 Å². The van der Waals surface area contributed by atoms with Gasteiger partial charge in [0.15, 0.2) is 0 Å². The summed E-state index contributed by atoms with van der Waals surface area (Å²) in [6.07, 6.45) is 1.22. The van der Waals surface area contributed by atoms with Gasteiger partial charge in [0.2, 0.25) is 0 Å². The molecule has 0 spiro atoms. The second kappa shape index (κ2) is 7.19. The highest BCUT2D eigenvalue weighted by Crippen LogP contribution is 2.31. The van der Waals surface area contributed by atoms with Crippen molar-refractivity contribution in [3.05, 3.63) is 62.7 Å². The first-order valence-corrected chi connectivity index (χ1v) is 9.23. The van der Waals surface area contributed by atoms with Crippen LogP contribution >= 0.6 is 11.6 Å². The van der Waals surface area contributed by atoms with E-state index < -0.39 is 14.9 Å². The van der Waals surface area contributed by atoms with E-state index >= 15 is 0 Å². The lowest BCUT2D eigenvalue weighted by molar-refractivity contribution is -0.384. The van der Waals surface area contributed by atoms with Gasteiger partial charge in [-0.1, -0.05) is 31.5 Å². The van der Waals surface area contributed by atoms with Crippen molar-refractivity contribution in [3.63, 3.8) is 0 Å². The summed E-state index contributed by atoms with van der Waals surface area (Å²) >= 11 is 6.18. The third kappa shape index (κ3) is 3.68. The second-order valence-electron chi connectivity index (χ2n) is 5.12. The highest BCUT2D eigenvalue weighted by atomic mass is 35.5. The third-order valence-electron chi connectivity index (χ3n) is 3.67. The fourth-order valence-electron chi connectivity index (χ4n) is 2.38. The lowest BCUT2D eigenvalue weighted by atomic mass is 10.0. The molecular weight excluding hydrogens is 352 g/mol. The molecule has 0 fully saturated rings. The van der Waals surface area contributed by atoms with Crippen LogP contribution in [0.25, 0.3) is 0 Å². The monoisotopic (exact) mass is 368 g/mol. The molecule has 0 amide bonds. The number of halogens is 1. The van der Waals surface area contributed by atoms with Crippen LogP contribution in [0.3, 0.4) is 0 Å². The van der Waals surface area contributed by atoms with Gasteiger partial charge < -0.3 is 0 Å². The number of nitro groups is 1. The van der Waals surface area contributed by atoms with Crippen LogP contribution in [-0.2, 0) is 22.9 Å². The SMILES string of the molecule is CCc1ccc(Cl)c(CC)c1NS(=O)(=O)c1ccc([N+](=O)[O-])cc1. The number of nitrogens with one attached hydrogen (secondary N) is 1. The number of nitrogens with zero attached hydrogens (tertiary/aromatic N) is 1. The maximum atomic E-state index is 12.6. The van der Waals surface area contributed by atoms with E-state index in [0.717, 1.165) is 23.3 Å². The van der Waals surface area contributed by atoms with E-state index in [9.17, 15) is 18.5 Å². The summed E-state index contributed by atoms with van der Waals surface area (Å²) in [5.74, 6) is 0. The number of aryl methyl sites for hydroxylation is 1. The van der Waals surface area contributed by atoms with Gasteiger partial charge in [-0.3, -0.25) is 14.8 Å². The van der Waals surface area contributed by atoms with Gasteiger partial charge in [0, 0.05) is 17.2 Å². The summed E-state index contributed by atoms with van der Waals surface area (Å²) in [6, 6.07) is 8.28. The summed E-state index contributed by atoms with van der Waals surface area (Å²) < 4.78 is 27.8. The van der Waals surface area contributed by atoms with Crippen molar-refractivity contribution in [2.24, 2.45) is 0 Å². The van der Waals surface area contributed by atoms with Gasteiger partial charge >= 0.3 is 0 Å². The standard InChI is InChI=1S/C16H17ClN2O4S/c1-3-11-5-10-15(17)14(4-2)16(11)18-24(22,23)13-8-6-12(7-9-13)19(20)21/h5-10,18H,3-4H2,1-2H3. The number of hydrogen-bond acceptors (Lipinski definition) is 4. The van der Waals surface area contributed by atoms with E-state index in [1.54, 1.807) is 12.1 Å². The van der Waals surface area contributed by atoms with E-state index in [-0.39, 0.29) is 10.6 Å². The molecule has 8 heteroatoms. The van der Waals surface area contributed by atoms with Crippen molar-refractivity contribution in [3.8, 4) is 0 Å². The maximum Gasteiger partial charge on any atom is 0.269 e. The van der Waals surface area contributed by atoms with E-state index in [4.69, 9.17) is 11.6 Å². The topological polar surface area (TPSA) is 89.3 Å². The number of anilines is 1. The van der Waals surface area contributed by atoms with Crippen molar-refractivity contribution in [2.75, 3.05) is 4.72 Å². The summed E-state index contributed by atoms with van der Waals surface area (Å²) in [5, 5.41) is 11.2. The molecule has 0 saturated carbocycles. The average Bonchev–Trinajstić information content (AvgIpc) is 2.55. The van der Waals surface area contributed by atoms with Crippen molar-refractivity contribution in [1.29, 1.82) is 0 Å². The van der Waals surface area contributed by atoms with Gasteiger partial charge in [-0.15, -0.1) is 0 Å². The predicted molar refractivity (Wildman–Crippen MR) is 94.1 cm³/mol. The first-order chi connectivity index (χ1) is 11.3. The molecule has 0 aliphatic rings. The molecule has 0 atom stereocenters. The smallest absolute Gasteiger partial charge is 0.269 e. The quantitative estimate of drug-likeness (QED) is 0.612. The molecule has 0 aliphatic heterocycles. The molecule has 0 radical (unpaired) electrons. The molecule has 2 aromatic rings. The van der Waals surface area contributed by atoms with Crippen LogP contribution in [-0.4, -0.2) is 13.3 Å². The summed E-state index contributed by atoms with van der Waals surface area (Å²) in [7, 11) is -3.87. The third-order valence-corrected chi connectivity index (χ3v) is 5.39. The Hall–Kier alpha value is -2.12. The number of nitro benzene ring substituents is 1. The highest BCUT2D eigenvalue weighted by molar-refractivity contribution is 7.92. The van der Waals surface area contributed by atoms with Gasteiger partial charge in [0.05, 0.1) is 15.5 Å². The van der Waals surface area contributed by atoms with E-state index in [0.29, 0.717) is 23.6 Å². The molecule has 6 nitrogen and oxygen atoms in total. The van der Waals surface area contributed by atoms with Crippen molar-refractivity contribution >= 4 is 33.0 Å². The molecule has 0 bridgehead atoms. The maximum absolute atomic E-state index is 12.6. The lowest BCUT2D eigenvalue weighted by Gasteiger charge is -2.17. The number of non-ortho nitro benzene ring substituents is 1. The molecule has 0 heterocycles. The minimum Gasteiger partial charge on any atom is -0.279 e. The van der Waals surface area contributed by atoms with Crippen LogP contribution in [0, 0.1) is 10.1 Å². The Labute approximate surface area is 145 Å². The van der Waals surface area contributed by atoms with Crippen molar-refractivity contribution in [2.45, 2.75) is 31.6 Å². The number of hydrogen-bond donors (Lipinski definition) is 1. The van der Waals surface area contributed by atoms with Crippen LogP contribution in [0.5, 0.6) is 0 Å². The Kier molecular flexibility index (Phi) is 5.46. The highest BCUT2D eigenvalue weighted by Gasteiger charge is 2.20. The predicted octanol–water partition coefficient (Wildman–Crippen LogP) is 4.17. The van der Waals surface area contributed by atoms with Crippen LogP contribution in [0.1, 0.15) is 25.0 Å². The Bertz CT molecular complexity index is 864. The summed E-state index contributed by atoms with van der Waals surface area (Å²) in [6.45, 7) is 3.82. The Morgan fingerprint density at radius 3 is 2.21 bits per heavy atom. The Morgan fingerprint density at radius 1 is 1.08 bits per heavy atom. The molecule has 128 valence electrons. The van der Waals surface area contributed by atoms with Crippen LogP contribution < -0.4 is 4.72 Å². The minimum atomic E-state index is -3.87. The van der Waals surface area contributed by atoms with Gasteiger partial charge in [0.25, 0.3) is 15.7 Å².